The van der Waals surface area contributed by atoms with E-state index < -0.39 is 0 Å². The molecule has 1 N–H and O–H groups in total. The summed E-state index contributed by atoms with van der Waals surface area (Å²) in [6, 6.07) is 13.0. The Labute approximate surface area is 153 Å². The van der Waals surface area contributed by atoms with E-state index in [4.69, 9.17) is 0 Å². The van der Waals surface area contributed by atoms with Gasteiger partial charge in [0.1, 0.15) is 5.52 Å². The smallest absolute Gasteiger partial charge is 0.112 e. The van der Waals surface area contributed by atoms with Crippen LogP contribution in [0.2, 0.25) is 0 Å². The standard InChI is InChI=1S/C21H25N5/c1-20(2,3)15-7-9-19-14(10-15)12-22-26(19)13-21(4,5)16-6-8-17-18(11-16)24-25-23-17/h6-12H,13H2,1-5H3,(H,23,24,25). The third kappa shape index (κ3) is 2.87. The summed E-state index contributed by atoms with van der Waals surface area (Å²) in [6.07, 6.45) is 1.97. The van der Waals surface area contributed by atoms with Crippen LogP contribution in [0.25, 0.3) is 21.9 Å². The SMILES string of the molecule is CC(C)(C)c1ccc2c(cnn2CC(C)(C)c2ccc3nn[nH]c3c2)c1. The monoisotopic (exact) mass is 347 g/mol. The van der Waals surface area contributed by atoms with Crippen LogP contribution in [0.1, 0.15) is 45.7 Å². The van der Waals surface area contributed by atoms with E-state index in [1.807, 2.05) is 12.3 Å². The van der Waals surface area contributed by atoms with E-state index in [0.717, 1.165) is 17.6 Å². The molecule has 4 aromatic rings. The van der Waals surface area contributed by atoms with Gasteiger partial charge in [-0.3, -0.25) is 9.78 Å². The van der Waals surface area contributed by atoms with E-state index in [2.05, 4.69) is 90.1 Å². The lowest BCUT2D eigenvalue weighted by Gasteiger charge is -2.26. The number of hydrogen-bond donors (Lipinski definition) is 1. The molecule has 0 aliphatic heterocycles. The molecule has 2 heterocycles. The Morgan fingerprint density at radius 3 is 2.50 bits per heavy atom. The van der Waals surface area contributed by atoms with Gasteiger partial charge in [0, 0.05) is 10.8 Å². The van der Waals surface area contributed by atoms with Gasteiger partial charge in [-0.25, -0.2) is 0 Å². The van der Waals surface area contributed by atoms with E-state index in [1.54, 1.807) is 0 Å². The van der Waals surface area contributed by atoms with Crippen molar-refractivity contribution in [2.24, 2.45) is 0 Å². The molecule has 0 atom stereocenters. The van der Waals surface area contributed by atoms with Crippen molar-refractivity contribution in [1.82, 2.24) is 25.2 Å². The molecule has 0 radical (unpaired) electrons. The molecule has 0 spiro atoms. The molecule has 2 aromatic heterocycles. The molecular formula is C21H25N5. The van der Waals surface area contributed by atoms with Gasteiger partial charge in [-0.05, 0) is 40.8 Å². The third-order valence-corrected chi connectivity index (χ3v) is 5.16. The molecule has 0 saturated carbocycles. The minimum atomic E-state index is -0.0685. The highest BCUT2D eigenvalue weighted by Gasteiger charge is 2.24. The molecule has 0 aliphatic carbocycles. The van der Waals surface area contributed by atoms with Crippen LogP contribution in [0.15, 0.2) is 42.6 Å². The van der Waals surface area contributed by atoms with Gasteiger partial charge in [-0.15, -0.1) is 5.10 Å². The van der Waals surface area contributed by atoms with Gasteiger partial charge in [0.15, 0.2) is 0 Å². The second-order valence-electron chi connectivity index (χ2n) is 8.75. The fourth-order valence-electron chi connectivity index (χ4n) is 3.41. The highest BCUT2D eigenvalue weighted by Crippen LogP contribution is 2.30. The van der Waals surface area contributed by atoms with Gasteiger partial charge >= 0.3 is 0 Å². The van der Waals surface area contributed by atoms with E-state index in [0.29, 0.717) is 0 Å². The lowest BCUT2D eigenvalue weighted by Crippen LogP contribution is -2.25. The zero-order chi connectivity index (χ0) is 18.5. The maximum Gasteiger partial charge on any atom is 0.112 e. The van der Waals surface area contributed by atoms with Crippen LogP contribution in [0, 0.1) is 0 Å². The van der Waals surface area contributed by atoms with E-state index in [1.165, 1.54) is 22.0 Å². The number of H-pyrrole nitrogens is 1. The molecule has 0 unspecified atom stereocenters. The summed E-state index contributed by atoms with van der Waals surface area (Å²) in [4.78, 5) is 0. The first-order valence-electron chi connectivity index (χ1n) is 9.01. The van der Waals surface area contributed by atoms with E-state index in [9.17, 15) is 0 Å². The highest BCUT2D eigenvalue weighted by atomic mass is 15.3. The van der Waals surface area contributed by atoms with Gasteiger partial charge in [0.2, 0.25) is 0 Å². The van der Waals surface area contributed by atoms with Crippen molar-refractivity contribution in [3.05, 3.63) is 53.7 Å². The second-order valence-corrected chi connectivity index (χ2v) is 8.75. The molecule has 134 valence electrons. The predicted octanol–water partition coefficient (Wildman–Crippen LogP) is 4.58. The van der Waals surface area contributed by atoms with Crippen molar-refractivity contribution >= 4 is 21.9 Å². The fourth-order valence-corrected chi connectivity index (χ4v) is 3.41. The molecule has 2 aromatic carbocycles. The van der Waals surface area contributed by atoms with Gasteiger partial charge in [-0.1, -0.05) is 52.0 Å². The van der Waals surface area contributed by atoms with Gasteiger partial charge in [0.25, 0.3) is 0 Å². The topological polar surface area (TPSA) is 59.4 Å². The summed E-state index contributed by atoms with van der Waals surface area (Å²) in [5, 5.41) is 16.8. The van der Waals surface area contributed by atoms with Crippen molar-refractivity contribution in [3.8, 4) is 0 Å². The molecule has 0 fully saturated rings. The van der Waals surface area contributed by atoms with Crippen LogP contribution in [0.4, 0.5) is 0 Å². The number of aromatic nitrogens is 5. The van der Waals surface area contributed by atoms with Crippen LogP contribution >= 0.6 is 0 Å². The molecule has 0 bridgehead atoms. The van der Waals surface area contributed by atoms with E-state index in [-0.39, 0.29) is 10.8 Å². The molecule has 0 amide bonds. The lowest BCUT2D eigenvalue weighted by atomic mass is 9.84. The van der Waals surface area contributed by atoms with E-state index >= 15 is 0 Å². The predicted molar refractivity (Wildman–Crippen MR) is 105 cm³/mol. The number of nitrogens with zero attached hydrogens (tertiary/aromatic N) is 4. The Hall–Kier alpha value is -2.69. The first kappa shape index (κ1) is 16.8. The molecule has 5 nitrogen and oxygen atoms in total. The molecule has 0 aliphatic rings. The summed E-state index contributed by atoms with van der Waals surface area (Å²) in [7, 11) is 0. The summed E-state index contributed by atoms with van der Waals surface area (Å²) in [5.41, 5.74) is 5.69. The van der Waals surface area contributed by atoms with Gasteiger partial charge in [0.05, 0.1) is 23.8 Å². The Balaban J connectivity index is 1.69. The Morgan fingerprint density at radius 2 is 1.73 bits per heavy atom. The third-order valence-electron chi connectivity index (χ3n) is 5.16. The minimum Gasteiger partial charge on any atom is -0.264 e. The number of aromatic amines is 1. The highest BCUT2D eigenvalue weighted by molar-refractivity contribution is 5.79. The van der Waals surface area contributed by atoms with Crippen molar-refractivity contribution in [2.75, 3.05) is 0 Å². The lowest BCUT2D eigenvalue weighted by molar-refractivity contribution is 0.417. The average Bonchev–Trinajstić information content (AvgIpc) is 3.19. The molecular weight excluding hydrogens is 322 g/mol. The van der Waals surface area contributed by atoms with Crippen LogP contribution in [-0.4, -0.2) is 25.2 Å². The zero-order valence-electron chi connectivity index (χ0n) is 16.0. The first-order chi connectivity index (χ1) is 12.2. The zero-order valence-corrected chi connectivity index (χ0v) is 16.0. The Kier molecular flexibility index (Phi) is 3.65. The number of nitrogens with one attached hydrogen (secondary N) is 1. The molecule has 5 heteroatoms. The van der Waals surface area contributed by atoms with Gasteiger partial charge < -0.3 is 0 Å². The number of benzene rings is 2. The second kappa shape index (κ2) is 5.66. The number of fused-ring (bicyclic) bond motifs is 2. The normalized spacial score (nSPS) is 13.0. The van der Waals surface area contributed by atoms with Crippen molar-refractivity contribution < 1.29 is 0 Å². The summed E-state index contributed by atoms with van der Waals surface area (Å²) in [5.74, 6) is 0. The molecule has 4 rings (SSSR count). The fraction of sp³-hybridized carbons (Fsp3) is 0.381. The largest absolute Gasteiger partial charge is 0.264 e. The minimum absolute atomic E-state index is 0.0685. The maximum absolute atomic E-state index is 4.67. The maximum atomic E-state index is 4.67. The Morgan fingerprint density at radius 1 is 0.962 bits per heavy atom. The van der Waals surface area contributed by atoms with Crippen molar-refractivity contribution in [2.45, 2.75) is 52.0 Å². The number of hydrogen-bond acceptors (Lipinski definition) is 3. The average molecular weight is 347 g/mol. The summed E-state index contributed by atoms with van der Waals surface area (Å²) >= 11 is 0. The summed E-state index contributed by atoms with van der Waals surface area (Å²) in [6.45, 7) is 12.0. The molecule has 0 saturated heterocycles. The van der Waals surface area contributed by atoms with Crippen LogP contribution < -0.4 is 0 Å². The van der Waals surface area contributed by atoms with Crippen molar-refractivity contribution in [3.63, 3.8) is 0 Å². The quantitative estimate of drug-likeness (QED) is 0.590. The molecule has 26 heavy (non-hydrogen) atoms. The first-order valence-corrected chi connectivity index (χ1v) is 9.01. The van der Waals surface area contributed by atoms with Crippen LogP contribution in [0.5, 0.6) is 0 Å². The van der Waals surface area contributed by atoms with Crippen molar-refractivity contribution in [1.29, 1.82) is 0 Å². The Bertz CT molecular complexity index is 1080. The summed E-state index contributed by atoms with van der Waals surface area (Å²) < 4.78 is 2.11. The van der Waals surface area contributed by atoms with Crippen LogP contribution in [-0.2, 0) is 17.4 Å². The van der Waals surface area contributed by atoms with Crippen LogP contribution in [0.3, 0.4) is 0 Å². The number of rotatable bonds is 3. The van der Waals surface area contributed by atoms with Gasteiger partial charge in [-0.2, -0.15) is 5.10 Å².